The molecule has 2 rings (SSSR count). The lowest BCUT2D eigenvalue weighted by molar-refractivity contribution is -0.118. The zero-order valence-corrected chi connectivity index (χ0v) is 12.6. The Kier molecular flexibility index (Phi) is 5.59. The summed E-state index contributed by atoms with van der Waals surface area (Å²) in [5, 5.41) is 12.1. The molecule has 0 aromatic heterocycles. The van der Waals surface area contributed by atoms with E-state index in [1.54, 1.807) is 0 Å². The maximum atomic E-state index is 12.2. The van der Waals surface area contributed by atoms with Gasteiger partial charge in [0.05, 0.1) is 13.2 Å². The number of nitrogens with one attached hydrogen (secondary N) is 1. The van der Waals surface area contributed by atoms with Crippen LogP contribution >= 0.6 is 0 Å². The van der Waals surface area contributed by atoms with Crippen LogP contribution in [0.2, 0.25) is 0 Å². The van der Waals surface area contributed by atoms with Crippen molar-refractivity contribution in [2.45, 2.75) is 38.6 Å². The topological polar surface area (TPSA) is 78.6 Å². The number of carbonyl (C=O) groups excluding carboxylic acids is 1. The third kappa shape index (κ3) is 4.19. The normalized spacial score (nSPS) is 15.6. The fourth-order valence-electron chi connectivity index (χ4n) is 2.95. The zero-order chi connectivity index (χ0) is 15.2. The molecule has 0 spiro atoms. The fraction of sp³-hybridized carbons (Fsp3) is 0.562. The Hall–Kier alpha value is -1.59. The second kappa shape index (κ2) is 7.43. The fourth-order valence-corrected chi connectivity index (χ4v) is 2.95. The molecule has 5 nitrogen and oxygen atoms in total. The Bertz CT molecular complexity index is 484. The van der Waals surface area contributed by atoms with Crippen molar-refractivity contribution in [1.29, 1.82) is 0 Å². The minimum absolute atomic E-state index is 0.0518. The van der Waals surface area contributed by atoms with E-state index in [9.17, 15) is 9.90 Å². The SMILES string of the molecule is Cc1c(N)cccc1NC(=O)CN(CCO)C1CCCC1. The van der Waals surface area contributed by atoms with E-state index in [4.69, 9.17) is 5.73 Å². The lowest BCUT2D eigenvalue weighted by Crippen LogP contribution is -2.41. The van der Waals surface area contributed by atoms with E-state index in [1.807, 2.05) is 25.1 Å². The van der Waals surface area contributed by atoms with E-state index in [2.05, 4.69) is 10.2 Å². The minimum atomic E-state index is -0.0518. The number of carbonyl (C=O) groups is 1. The van der Waals surface area contributed by atoms with E-state index in [0.29, 0.717) is 24.8 Å². The second-order valence-electron chi connectivity index (χ2n) is 5.70. The van der Waals surface area contributed by atoms with Crippen LogP contribution in [0.4, 0.5) is 11.4 Å². The maximum Gasteiger partial charge on any atom is 0.238 e. The van der Waals surface area contributed by atoms with Crippen LogP contribution < -0.4 is 11.1 Å². The average molecular weight is 291 g/mol. The summed E-state index contributed by atoms with van der Waals surface area (Å²) in [6, 6.07) is 5.93. The van der Waals surface area contributed by atoms with Crippen LogP contribution in [0.1, 0.15) is 31.2 Å². The molecular weight excluding hydrogens is 266 g/mol. The van der Waals surface area contributed by atoms with E-state index >= 15 is 0 Å². The Morgan fingerprint density at radius 3 is 2.81 bits per heavy atom. The Balaban J connectivity index is 1.96. The number of hydrogen-bond acceptors (Lipinski definition) is 4. The van der Waals surface area contributed by atoms with Crippen LogP contribution in [0.3, 0.4) is 0 Å². The smallest absolute Gasteiger partial charge is 0.238 e. The number of rotatable bonds is 6. The van der Waals surface area contributed by atoms with Gasteiger partial charge in [0.2, 0.25) is 5.91 Å². The van der Waals surface area contributed by atoms with E-state index in [0.717, 1.165) is 24.1 Å². The van der Waals surface area contributed by atoms with Gasteiger partial charge in [-0.1, -0.05) is 18.9 Å². The number of anilines is 2. The van der Waals surface area contributed by atoms with Crippen molar-refractivity contribution in [3.8, 4) is 0 Å². The average Bonchev–Trinajstić information content (AvgIpc) is 2.97. The van der Waals surface area contributed by atoms with Gasteiger partial charge in [0.1, 0.15) is 0 Å². The van der Waals surface area contributed by atoms with Crippen LogP contribution in [0, 0.1) is 6.92 Å². The highest BCUT2D eigenvalue weighted by molar-refractivity contribution is 5.93. The summed E-state index contributed by atoms with van der Waals surface area (Å²) in [7, 11) is 0. The van der Waals surface area contributed by atoms with E-state index in [-0.39, 0.29) is 12.5 Å². The number of benzene rings is 1. The quantitative estimate of drug-likeness (QED) is 0.698. The van der Waals surface area contributed by atoms with Crippen LogP contribution in [0.5, 0.6) is 0 Å². The van der Waals surface area contributed by atoms with E-state index in [1.165, 1.54) is 12.8 Å². The molecule has 1 aliphatic rings. The van der Waals surface area contributed by atoms with Gasteiger partial charge in [-0.25, -0.2) is 0 Å². The molecular formula is C16H25N3O2. The van der Waals surface area contributed by atoms with Crippen molar-refractivity contribution in [2.75, 3.05) is 30.7 Å². The van der Waals surface area contributed by atoms with Gasteiger partial charge < -0.3 is 16.2 Å². The van der Waals surface area contributed by atoms with Gasteiger partial charge in [-0.3, -0.25) is 9.69 Å². The van der Waals surface area contributed by atoms with Gasteiger partial charge in [-0.2, -0.15) is 0 Å². The summed E-state index contributed by atoms with van der Waals surface area (Å²) < 4.78 is 0. The first-order valence-electron chi connectivity index (χ1n) is 7.61. The highest BCUT2D eigenvalue weighted by Gasteiger charge is 2.24. The van der Waals surface area contributed by atoms with Crippen molar-refractivity contribution < 1.29 is 9.90 Å². The first-order chi connectivity index (χ1) is 10.1. The number of nitrogens with two attached hydrogens (primary N) is 1. The first kappa shape index (κ1) is 15.8. The molecule has 0 saturated heterocycles. The van der Waals surface area contributed by atoms with Crippen molar-refractivity contribution >= 4 is 17.3 Å². The van der Waals surface area contributed by atoms with Gasteiger partial charge in [0.25, 0.3) is 0 Å². The van der Waals surface area contributed by atoms with Gasteiger partial charge >= 0.3 is 0 Å². The summed E-state index contributed by atoms with van der Waals surface area (Å²) >= 11 is 0. The Morgan fingerprint density at radius 1 is 1.43 bits per heavy atom. The lowest BCUT2D eigenvalue weighted by atomic mass is 10.1. The van der Waals surface area contributed by atoms with Gasteiger partial charge in [0, 0.05) is 24.0 Å². The molecule has 1 aromatic carbocycles. The summed E-state index contributed by atoms with van der Waals surface area (Å²) in [5.41, 5.74) is 8.18. The molecule has 0 aliphatic heterocycles. The number of hydrogen-bond donors (Lipinski definition) is 3. The highest BCUT2D eigenvalue weighted by atomic mass is 16.3. The molecule has 21 heavy (non-hydrogen) atoms. The number of nitrogens with zero attached hydrogens (tertiary/aromatic N) is 1. The summed E-state index contributed by atoms with van der Waals surface area (Å²) in [4.78, 5) is 14.3. The van der Waals surface area contributed by atoms with Crippen LogP contribution in [-0.4, -0.2) is 41.7 Å². The van der Waals surface area contributed by atoms with Crippen molar-refractivity contribution in [1.82, 2.24) is 4.90 Å². The highest BCUT2D eigenvalue weighted by Crippen LogP contribution is 2.24. The third-order valence-electron chi connectivity index (χ3n) is 4.22. The van der Waals surface area contributed by atoms with Crippen LogP contribution in [0.15, 0.2) is 18.2 Å². The first-order valence-corrected chi connectivity index (χ1v) is 7.61. The molecule has 1 aliphatic carbocycles. The summed E-state index contributed by atoms with van der Waals surface area (Å²) in [6.07, 6.45) is 4.65. The summed E-state index contributed by atoms with van der Waals surface area (Å²) in [5.74, 6) is -0.0518. The maximum absolute atomic E-state index is 12.2. The largest absolute Gasteiger partial charge is 0.398 e. The zero-order valence-electron chi connectivity index (χ0n) is 12.6. The number of aliphatic hydroxyl groups is 1. The molecule has 0 unspecified atom stereocenters. The minimum Gasteiger partial charge on any atom is -0.398 e. The molecule has 4 N–H and O–H groups in total. The number of aliphatic hydroxyl groups excluding tert-OH is 1. The molecule has 1 saturated carbocycles. The second-order valence-corrected chi connectivity index (χ2v) is 5.70. The standard InChI is InChI=1S/C16H25N3O2/c1-12-14(17)7-4-8-15(12)18-16(21)11-19(9-10-20)13-5-2-3-6-13/h4,7-8,13,20H,2-3,5-6,9-11,17H2,1H3,(H,18,21). The molecule has 1 aromatic rings. The molecule has 1 fully saturated rings. The Labute approximate surface area is 126 Å². The predicted octanol–water partition coefficient (Wildman–Crippen LogP) is 1.75. The van der Waals surface area contributed by atoms with E-state index < -0.39 is 0 Å². The molecule has 0 bridgehead atoms. The van der Waals surface area contributed by atoms with Gasteiger partial charge in [-0.05, 0) is 37.5 Å². The van der Waals surface area contributed by atoms with Gasteiger partial charge in [-0.15, -0.1) is 0 Å². The molecule has 5 heteroatoms. The van der Waals surface area contributed by atoms with Crippen molar-refractivity contribution in [3.05, 3.63) is 23.8 Å². The molecule has 0 radical (unpaired) electrons. The molecule has 0 atom stereocenters. The van der Waals surface area contributed by atoms with Crippen LogP contribution in [0.25, 0.3) is 0 Å². The predicted molar refractivity (Wildman–Crippen MR) is 85.1 cm³/mol. The number of amides is 1. The van der Waals surface area contributed by atoms with Crippen molar-refractivity contribution in [2.24, 2.45) is 0 Å². The van der Waals surface area contributed by atoms with Crippen molar-refractivity contribution in [3.63, 3.8) is 0 Å². The van der Waals surface area contributed by atoms with Crippen LogP contribution in [-0.2, 0) is 4.79 Å². The molecule has 116 valence electrons. The molecule has 1 amide bonds. The lowest BCUT2D eigenvalue weighted by Gasteiger charge is -2.27. The summed E-state index contributed by atoms with van der Waals surface area (Å²) in [6.45, 7) is 2.85. The monoisotopic (exact) mass is 291 g/mol. The number of nitrogen functional groups attached to an aromatic ring is 1. The molecule has 0 heterocycles. The van der Waals surface area contributed by atoms with Gasteiger partial charge in [0.15, 0.2) is 0 Å². The third-order valence-corrected chi connectivity index (χ3v) is 4.22. The Morgan fingerprint density at radius 2 is 2.14 bits per heavy atom.